The summed E-state index contributed by atoms with van der Waals surface area (Å²) in [5.41, 5.74) is 2.21. The minimum Gasteiger partial charge on any atom is -0.493 e. The molecule has 1 fully saturated rings. The predicted molar refractivity (Wildman–Crippen MR) is 112 cm³/mol. The summed E-state index contributed by atoms with van der Waals surface area (Å²) in [6.07, 6.45) is 3.37. The van der Waals surface area contributed by atoms with Crippen LogP contribution >= 0.6 is 0 Å². The van der Waals surface area contributed by atoms with Crippen LogP contribution in [-0.2, 0) is 16.4 Å². The maximum absolute atomic E-state index is 13.3. The third-order valence-corrected chi connectivity index (χ3v) is 7.43. The van der Waals surface area contributed by atoms with E-state index in [0.29, 0.717) is 42.4 Å². The van der Waals surface area contributed by atoms with E-state index in [-0.39, 0.29) is 5.91 Å². The zero-order valence-corrected chi connectivity index (χ0v) is 17.5. The van der Waals surface area contributed by atoms with E-state index in [9.17, 15) is 13.2 Å². The summed E-state index contributed by atoms with van der Waals surface area (Å²) in [6.45, 7) is 4.14. The van der Waals surface area contributed by atoms with Crippen LogP contribution in [0.25, 0.3) is 0 Å². The average molecular weight is 415 g/mol. The van der Waals surface area contributed by atoms with Gasteiger partial charge in [0.15, 0.2) is 0 Å². The number of rotatable bonds is 5. The summed E-state index contributed by atoms with van der Waals surface area (Å²) in [7, 11) is -3.47. The maximum atomic E-state index is 13.3. The second-order valence-corrected chi connectivity index (χ2v) is 9.33. The van der Waals surface area contributed by atoms with Crippen molar-refractivity contribution in [3.8, 4) is 5.75 Å². The molecule has 6 nitrogen and oxygen atoms in total. The molecule has 0 aromatic heterocycles. The van der Waals surface area contributed by atoms with Crippen LogP contribution < -0.4 is 9.64 Å². The Labute approximate surface area is 172 Å². The number of hydrogen-bond acceptors (Lipinski definition) is 4. The molecule has 1 amide bonds. The van der Waals surface area contributed by atoms with E-state index in [1.807, 2.05) is 19.1 Å². The number of hydrogen-bond donors (Lipinski definition) is 0. The molecule has 2 aromatic rings. The van der Waals surface area contributed by atoms with Gasteiger partial charge in [0.05, 0.1) is 17.1 Å². The fourth-order valence-corrected chi connectivity index (χ4v) is 5.66. The smallest absolute Gasteiger partial charge is 0.262 e. The molecule has 2 aliphatic rings. The molecule has 0 atom stereocenters. The maximum Gasteiger partial charge on any atom is 0.262 e. The highest BCUT2D eigenvalue weighted by molar-refractivity contribution is 7.89. The zero-order chi connectivity index (χ0) is 20.4. The lowest BCUT2D eigenvalue weighted by molar-refractivity contribution is 0.0981. The number of amides is 1. The first-order valence-corrected chi connectivity index (χ1v) is 11.6. The molecular weight excluding hydrogens is 388 g/mol. The molecule has 2 heterocycles. The SMILES string of the molecule is CCOc1ccccc1C(=O)N1CCCc2cc(S(=O)(=O)N3CCCC3)ccc21. The number of benzene rings is 2. The Balaban J connectivity index is 1.66. The molecule has 0 radical (unpaired) electrons. The van der Waals surface area contributed by atoms with Crippen LogP contribution in [0.4, 0.5) is 5.69 Å². The monoisotopic (exact) mass is 414 g/mol. The molecule has 0 spiro atoms. The van der Waals surface area contributed by atoms with E-state index in [1.54, 1.807) is 39.5 Å². The van der Waals surface area contributed by atoms with Gasteiger partial charge >= 0.3 is 0 Å². The van der Waals surface area contributed by atoms with Gasteiger partial charge < -0.3 is 9.64 Å². The average Bonchev–Trinajstić information content (AvgIpc) is 3.29. The van der Waals surface area contributed by atoms with Gasteiger partial charge in [0.25, 0.3) is 5.91 Å². The zero-order valence-electron chi connectivity index (χ0n) is 16.6. The van der Waals surface area contributed by atoms with Crippen molar-refractivity contribution in [1.82, 2.24) is 4.31 Å². The molecule has 154 valence electrons. The van der Waals surface area contributed by atoms with Crippen molar-refractivity contribution in [1.29, 1.82) is 0 Å². The minimum atomic E-state index is -3.47. The fraction of sp³-hybridized carbons (Fsp3) is 0.409. The number of para-hydroxylation sites is 1. The molecule has 4 rings (SSSR count). The van der Waals surface area contributed by atoms with Crippen LogP contribution in [0.2, 0.25) is 0 Å². The molecule has 7 heteroatoms. The standard InChI is InChI=1S/C22H26N2O4S/c1-2-28-21-10-4-3-9-19(21)22(25)24-15-7-8-17-16-18(11-12-20(17)24)29(26,27)23-13-5-6-14-23/h3-4,9-12,16H,2,5-8,13-15H2,1H3. The van der Waals surface area contributed by atoms with E-state index >= 15 is 0 Å². The lowest BCUT2D eigenvalue weighted by Crippen LogP contribution is -2.36. The molecule has 0 bridgehead atoms. The van der Waals surface area contributed by atoms with E-state index in [1.165, 1.54) is 0 Å². The van der Waals surface area contributed by atoms with Crippen molar-refractivity contribution in [3.05, 3.63) is 53.6 Å². The summed E-state index contributed by atoms with van der Waals surface area (Å²) in [5.74, 6) is 0.450. The van der Waals surface area contributed by atoms with Gasteiger partial charge in [-0.05, 0) is 68.5 Å². The van der Waals surface area contributed by atoms with Gasteiger partial charge in [-0.25, -0.2) is 8.42 Å². The molecule has 2 aliphatic heterocycles. The number of carbonyl (C=O) groups is 1. The van der Waals surface area contributed by atoms with Crippen molar-refractivity contribution >= 4 is 21.6 Å². The first-order chi connectivity index (χ1) is 14.0. The number of nitrogens with zero attached hydrogens (tertiary/aromatic N) is 2. The molecule has 0 saturated carbocycles. The molecule has 1 saturated heterocycles. The second kappa shape index (κ2) is 8.16. The number of fused-ring (bicyclic) bond motifs is 1. The summed E-state index contributed by atoms with van der Waals surface area (Å²) < 4.78 is 33.0. The molecule has 0 aliphatic carbocycles. The van der Waals surface area contributed by atoms with Crippen LogP contribution in [0.15, 0.2) is 47.4 Å². The van der Waals surface area contributed by atoms with Crippen molar-refractivity contribution in [2.75, 3.05) is 31.1 Å². The van der Waals surface area contributed by atoms with Gasteiger partial charge in [0.2, 0.25) is 10.0 Å². The van der Waals surface area contributed by atoms with Crippen LogP contribution in [-0.4, -0.2) is 44.9 Å². The Morgan fingerprint density at radius 1 is 1.03 bits per heavy atom. The number of anilines is 1. The lowest BCUT2D eigenvalue weighted by Gasteiger charge is -2.30. The van der Waals surface area contributed by atoms with Crippen LogP contribution in [0.3, 0.4) is 0 Å². The van der Waals surface area contributed by atoms with Gasteiger partial charge in [0.1, 0.15) is 5.75 Å². The number of ether oxygens (including phenoxy) is 1. The summed E-state index contributed by atoms with van der Waals surface area (Å²) >= 11 is 0. The summed E-state index contributed by atoms with van der Waals surface area (Å²) in [4.78, 5) is 15.3. The van der Waals surface area contributed by atoms with Crippen LogP contribution in [0, 0.1) is 0 Å². The van der Waals surface area contributed by atoms with Crippen molar-refractivity contribution in [2.45, 2.75) is 37.5 Å². The second-order valence-electron chi connectivity index (χ2n) is 7.39. The van der Waals surface area contributed by atoms with Crippen molar-refractivity contribution in [2.24, 2.45) is 0 Å². The van der Waals surface area contributed by atoms with E-state index < -0.39 is 10.0 Å². The third kappa shape index (κ3) is 3.76. The quantitative estimate of drug-likeness (QED) is 0.751. The first-order valence-electron chi connectivity index (χ1n) is 10.2. The normalized spacial score (nSPS) is 17.2. The third-order valence-electron chi connectivity index (χ3n) is 5.53. The highest BCUT2D eigenvalue weighted by atomic mass is 32.2. The van der Waals surface area contributed by atoms with Gasteiger partial charge in [-0.15, -0.1) is 0 Å². The molecular formula is C22H26N2O4S. The predicted octanol–water partition coefficient (Wildman–Crippen LogP) is 3.46. The van der Waals surface area contributed by atoms with Crippen LogP contribution in [0.1, 0.15) is 42.1 Å². The van der Waals surface area contributed by atoms with Gasteiger partial charge in [-0.2, -0.15) is 4.31 Å². The molecule has 0 N–H and O–H groups in total. The van der Waals surface area contributed by atoms with Crippen molar-refractivity contribution < 1.29 is 17.9 Å². The van der Waals surface area contributed by atoms with E-state index in [4.69, 9.17) is 4.74 Å². The highest BCUT2D eigenvalue weighted by Crippen LogP contribution is 2.33. The first kappa shape index (κ1) is 19.9. The van der Waals surface area contributed by atoms with E-state index in [0.717, 1.165) is 36.9 Å². The number of sulfonamides is 1. The summed E-state index contributed by atoms with van der Waals surface area (Å²) in [6, 6.07) is 12.4. The molecule has 29 heavy (non-hydrogen) atoms. The Bertz CT molecular complexity index is 1010. The van der Waals surface area contributed by atoms with Gasteiger partial charge in [-0.3, -0.25) is 4.79 Å². The Morgan fingerprint density at radius 2 is 1.79 bits per heavy atom. The Kier molecular flexibility index (Phi) is 5.61. The van der Waals surface area contributed by atoms with Gasteiger partial charge in [0, 0.05) is 25.3 Å². The largest absolute Gasteiger partial charge is 0.493 e. The number of carbonyl (C=O) groups excluding carboxylic acids is 1. The van der Waals surface area contributed by atoms with E-state index in [2.05, 4.69) is 0 Å². The molecule has 2 aromatic carbocycles. The summed E-state index contributed by atoms with van der Waals surface area (Å²) in [5, 5.41) is 0. The van der Waals surface area contributed by atoms with Crippen molar-refractivity contribution in [3.63, 3.8) is 0 Å². The van der Waals surface area contributed by atoms with Gasteiger partial charge in [-0.1, -0.05) is 12.1 Å². The highest BCUT2D eigenvalue weighted by Gasteiger charge is 2.30. The number of aryl methyl sites for hydroxylation is 1. The lowest BCUT2D eigenvalue weighted by atomic mass is 10.0. The Morgan fingerprint density at radius 3 is 2.55 bits per heavy atom. The van der Waals surface area contributed by atoms with Crippen LogP contribution in [0.5, 0.6) is 5.75 Å². The Hall–Kier alpha value is -2.38. The topological polar surface area (TPSA) is 66.9 Å². The molecule has 0 unspecified atom stereocenters. The minimum absolute atomic E-state index is 0.120. The fourth-order valence-electron chi connectivity index (χ4n) is 4.09.